The number of ether oxygens (including phenoxy) is 3. The first-order valence-corrected chi connectivity index (χ1v) is 13.3. The third-order valence-electron chi connectivity index (χ3n) is 5.50. The molecular formula is C30H28BrClN2O4. The number of carbonyl (C=O) groups excluding carboxylic acids is 1. The molecule has 0 unspecified atom stereocenters. The molecule has 0 aliphatic heterocycles. The Bertz CT molecular complexity index is 1380. The zero-order valence-corrected chi connectivity index (χ0v) is 23.4. The van der Waals surface area contributed by atoms with Gasteiger partial charge in [-0.2, -0.15) is 0 Å². The molecule has 38 heavy (non-hydrogen) atoms. The van der Waals surface area contributed by atoms with Gasteiger partial charge in [0.15, 0.2) is 18.1 Å². The van der Waals surface area contributed by atoms with E-state index in [0.29, 0.717) is 39.8 Å². The molecule has 1 amide bonds. The van der Waals surface area contributed by atoms with Gasteiger partial charge in [-0.25, -0.2) is 0 Å². The van der Waals surface area contributed by atoms with Crippen molar-refractivity contribution in [3.8, 4) is 23.0 Å². The molecule has 0 heterocycles. The van der Waals surface area contributed by atoms with Gasteiger partial charge < -0.3 is 24.8 Å². The van der Waals surface area contributed by atoms with Gasteiger partial charge in [0.1, 0.15) is 11.5 Å². The Balaban J connectivity index is 1.36. The molecule has 0 radical (unpaired) electrons. The normalized spacial score (nSPS) is 10.5. The molecule has 0 spiro atoms. The van der Waals surface area contributed by atoms with Crippen LogP contribution in [0.4, 0.5) is 11.4 Å². The van der Waals surface area contributed by atoms with Gasteiger partial charge >= 0.3 is 0 Å². The van der Waals surface area contributed by atoms with Gasteiger partial charge in [0.2, 0.25) is 0 Å². The predicted octanol–water partition coefficient (Wildman–Crippen LogP) is 8.23. The number of benzene rings is 4. The Hall–Kier alpha value is -3.68. The highest BCUT2D eigenvalue weighted by Gasteiger charge is 2.15. The highest BCUT2D eigenvalue weighted by atomic mass is 79.9. The second-order valence-electron chi connectivity index (χ2n) is 8.43. The van der Waals surface area contributed by atoms with Gasteiger partial charge in [0.05, 0.1) is 11.1 Å². The molecule has 0 fully saturated rings. The lowest BCUT2D eigenvalue weighted by Gasteiger charge is -2.16. The van der Waals surface area contributed by atoms with Crippen LogP contribution in [0.5, 0.6) is 23.0 Å². The van der Waals surface area contributed by atoms with Gasteiger partial charge in [-0.1, -0.05) is 35.9 Å². The van der Waals surface area contributed by atoms with Gasteiger partial charge in [-0.3, -0.25) is 4.79 Å². The maximum absolute atomic E-state index is 12.5. The summed E-state index contributed by atoms with van der Waals surface area (Å²) in [6, 6.07) is 26.6. The van der Waals surface area contributed by atoms with Gasteiger partial charge in [0, 0.05) is 22.9 Å². The molecule has 4 rings (SSSR count). The number of hydrogen-bond acceptors (Lipinski definition) is 5. The average molecular weight is 596 g/mol. The molecular weight excluding hydrogens is 568 g/mol. The number of amides is 1. The summed E-state index contributed by atoms with van der Waals surface area (Å²) in [6.45, 7) is 4.64. The Morgan fingerprint density at radius 1 is 0.895 bits per heavy atom. The summed E-state index contributed by atoms with van der Waals surface area (Å²) in [7, 11) is 0. The molecule has 6 nitrogen and oxygen atoms in total. The summed E-state index contributed by atoms with van der Waals surface area (Å²) in [4.78, 5) is 12.5. The first-order chi connectivity index (χ1) is 18.4. The van der Waals surface area contributed by atoms with E-state index in [1.54, 1.807) is 12.1 Å². The minimum Gasteiger partial charge on any atom is -0.490 e. The van der Waals surface area contributed by atoms with Crippen molar-refractivity contribution in [2.45, 2.75) is 20.4 Å². The number of hydrogen-bond donors (Lipinski definition) is 2. The minimum atomic E-state index is -0.301. The number of anilines is 2. The van der Waals surface area contributed by atoms with Crippen LogP contribution in [0.25, 0.3) is 0 Å². The molecule has 0 atom stereocenters. The van der Waals surface area contributed by atoms with Crippen molar-refractivity contribution in [3.63, 3.8) is 0 Å². The summed E-state index contributed by atoms with van der Waals surface area (Å²) in [5.41, 5.74) is 3.48. The van der Waals surface area contributed by atoms with Gasteiger partial charge in [-0.05, 0) is 102 Å². The van der Waals surface area contributed by atoms with E-state index in [4.69, 9.17) is 25.8 Å². The van der Waals surface area contributed by atoms with Crippen molar-refractivity contribution in [1.29, 1.82) is 0 Å². The van der Waals surface area contributed by atoms with Crippen molar-refractivity contribution in [1.82, 2.24) is 0 Å². The number of rotatable bonds is 11. The quantitative estimate of drug-likeness (QED) is 0.183. The SMILES string of the molecule is CCOc1cc(CNc2ccc(Oc3ccccc3)cc2)cc(Br)c1OCC(=O)Nc1ccc(C)c(Cl)c1. The summed E-state index contributed by atoms with van der Waals surface area (Å²) >= 11 is 9.72. The summed E-state index contributed by atoms with van der Waals surface area (Å²) in [5, 5.41) is 6.79. The smallest absolute Gasteiger partial charge is 0.262 e. The molecule has 0 bridgehead atoms. The zero-order valence-electron chi connectivity index (χ0n) is 21.1. The number of halogens is 2. The van der Waals surface area contributed by atoms with Crippen LogP contribution >= 0.6 is 27.5 Å². The lowest BCUT2D eigenvalue weighted by atomic mass is 10.2. The summed E-state index contributed by atoms with van der Waals surface area (Å²) in [5.74, 6) is 2.27. The zero-order chi connectivity index (χ0) is 26.9. The molecule has 2 N–H and O–H groups in total. The average Bonchev–Trinajstić information content (AvgIpc) is 2.91. The molecule has 4 aromatic carbocycles. The van der Waals surface area contributed by atoms with Crippen LogP contribution in [-0.4, -0.2) is 19.1 Å². The third-order valence-corrected chi connectivity index (χ3v) is 6.50. The minimum absolute atomic E-state index is 0.181. The molecule has 4 aromatic rings. The van der Waals surface area contributed by atoms with E-state index in [2.05, 4.69) is 26.6 Å². The highest BCUT2D eigenvalue weighted by molar-refractivity contribution is 9.10. The second-order valence-corrected chi connectivity index (χ2v) is 9.69. The molecule has 0 aliphatic carbocycles. The fraction of sp³-hybridized carbons (Fsp3) is 0.167. The van der Waals surface area contributed by atoms with Crippen molar-refractivity contribution in [2.75, 3.05) is 23.8 Å². The summed E-state index contributed by atoms with van der Waals surface area (Å²) in [6.07, 6.45) is 0. The maximum Gasteiger partial charge on any atom is 0.262 e. The van der Waals surface area contributed by atoms with Crippen LogP contribution < -0.4 is 24.8 Å². The molecule has 0 saturated heterocycles. The van der Waals surface area contributed by atoms with Gasteiger partial charge in [-0.15, -0.1) is 0 Å². The Morgan fingerprint density at radius 2 is 1.61 bits per heavy atom. The number of nitrogens with one attached hydrogen (secondary N) is 2. The molecule has 0 aliphatic rings. The van der Waals surface area contributed by atoms with E-state index < -0.39 is 0 Å². The monoisotopic (exact) mass is 594 g/mol. The number of para-hydroxylation sites is 1. The Kier molecular flexibility index (Phi) is 9.51. The summed E-state index contributed by atoms with van der Waals surface area (Å²) < 4.78 is 18.2. The van der Waals surface area contributed by atoms with E-state index in [1.165, 1.54) is 0 Å². The first-order valence-electron chi connectivity index (χ1n) is 12.1. The first kappa shape index (κ1) is 27.4. The van der Waals surface area contributed by atoms with Crippen LogP contribution in [0.3, 0.4) is 0 Å². The number of aryl methyl sites for hydroxylation is 1. The van der Waals surface area contributed by atoms with Crippen LogP contribution in [-0.2, 0) is 11.3 Å². The molecule has 196 valence electrons. The van der Waals surface area contributed by atoms with E-state index in [0.717, 1.165) is 28.3 Å². The van der Waals surface area contributed by atoms with E-state index in [-0.39, 0.29) is 12.5 Å². The topological polar surface area (TPSA) is 68.8 Å². The lowest BCUT2D eigenvalue weighted by Crippen LogP contribution is -2.20. The van der Waals surface area contributed by atoms with Crippen LogP contribution in [0.2, 0.25) is 5.02 Å². The van der Waals surface area contributed by atoms with Crippen molar-refractivity contribution < 1.29 is 19.0 Å². The van der Waals surface area contributed by atoms with Gasteiger partial charge in [0.25, 0.3) is 5.91 Å². The Labute approximate surface area is 236 Å². The van der Waals surface area contributed by atoms with E-state index in [1.807, 2.05) is 86.6 Å². The second kappa shape index (κ2) is 13.2. The van der Waals surface area contributed by atoms with Crippen LogP contribution in [0.15, 0.2) is 89.4 Å². The van der Waals surface area contributed by atoms with Crippen molar-refractivity contribution >= 4 is 44.8 Å². The maximum atomic E-state index is 12.5. The highest BCUT2D eigenvalue weighted by Crippen LogP contribution is 2.37. The molecule has 0 saturated carbocycles. The van der Waals surface area contributed by atoms with E-state index in [9.17, 15) is 4.79 Å². The number of carbonyl (C=O) groups is 1. The van der Waals surface area contributed by atoms with E-state index >= 15 is 0 Å². The fourth-order valence-corrected chi connectivity index (χ4v) is 4.39. The standard InChI is InChI=1S/C30H28BrClN2O4/c1-3-36-28-16-21(18-33-22-11-13-25(14-12-22)38-24-7-5-4-6-8-24)15-26(31)30(28)37-19-29(35)34-23-10-9-20(2)27(32)17-23/h4-17,33H,3,18-19H2,1-2H3,(H,34,35). The lowest BCUT2D eigenvalue weighted by molar-refractivity contribution is -0.118. The van der Waals surface area contributed by atoms with Crippen molar-refractivity contribution in [3.05, 3.63) is 106 Å². The molecule has 8 heteroatoms. The van der Waals surface area contributed by atoms with Crippen LogP contribution in [0, 0.1) is 6.92 Å². The Morgan fingerprint density at radius 3 is 2.32 bits per heavy atom. The predicted molar refractivity (Wildman–Crippen MR) is 156 cm³/mol. The third kappa shape index (κ3) is 7.66. The van der Waals surface area contributed by atoms with Crippen molar-refractivity contribution in [2.24, 2.45) is 0 Å². The fourth-order valence-electron chi connectivity index (χ4n) is 3.60. The largest absolute Gasteiger partial charge is 0.490 e. The molecule has 0 aromatic heterocycles. The van der Waals surface area contributed by atoms with Crippen LogP contribution in [0.1, 0.15) is 18.1 Å².